The van der Waals surface area contributed by atoms with Gasteiger partial charge in [0.1, 0.15) is 5.69 Å². The number of halogens is 1. The lowest BCUT2D eigenvalue weighted by atomic mass is 9.88. The lowest BCUT2D eigenvalue weighted by molar-refractivity contribution is 0.0630. The van der Waals surface area contributed by atoms with Crippen LogP contribution in [0.5, 0.6) is 0 Å². The van der Waals surface area contributed by atoms with Crippen molar-refractivity contribution in [2.45, 2.75) is 26.3 Å². The SMILES string of the molecule is CC(C)n1cc(Br)cc1C(=O)N1CCC2CNCC2C1. The summed E-state index contributed by atoms with van der Waals surface area (Å²) in [5.41, 5.74) is 0.802. The van der Waals surface area contributed by atoms with E-state index in [0.29, 0.717) is 12.0 Å². The zero-order valence-electron chi connectivity index (χ0n) is 12.1. The minimum Gasteiger partial charge on any atom is -0.340 e. The fraction of sp³-hybridized carbons (Fsp3) is 0.667. The molecule has 3 rings (SSSR count). The van der Waals surface area contributed by atoms with Gasteiger partial charge in [-0.3, -0.25) is 4.79 Å². The van der Waals surface area contributed by atoms with Crippen molar-refractivity contribution < 1.29 is 4.79 Å². The van der Waals surface area contributed by atoms with E-state index in [1.165, 1.54) is 0 Å². The molecule has 5 heteroatoms. The van der Waals surface area contributed by atoms with Gasteiger partial charge >= 0.3 is 0 Å². The van der Waals surface area contributed by atoms with Gasteiger partial charge in [0.25, 0.3) is 5.91 Å². The highest BCUT2D eigenvalue weighted by Crippen LogP contribution is 2.28. The number of nitrogens with one attached hydrogen (secondary N) is 1. The summed E-state index contributed by atoms with van der Waals surface area (Å²) in [6.07, 6.45) is 3.13. The molecule has 3 heterocycles. The number of carbonyl (C=O) groups excluding carboxylic acids is 1. The van der Waals surface area contributed by atoms with Gasteiger partial charge in [-0.1, -0.05) is 0 Å². The van der Waals surface area contributed by atoms with Crippen LogP contribution in [0.25, 0.3) is 0 Å². The summed E-state index contributed by atoms with van der Waals surface area (Å²) in [7, 11) is 0. The van der Waals surface area contributed by atoms with Crippen molar-refractivity contribution >= 4 is 21.8 Å². The van der Waals surface area contributed by atoms with E-state index in [4.69, 9.17) is 0 Å². The molecular weight excluding hydrogens is 318 g/mol. The molecule has 2 fully saturated rings. The first-order valence-corrected chi connectivity index (χ1v) is 8.23. The van der Waals surface area contributed by atoms with E-state index in [1.807, 2.05) is 17.2 Å². The molecular formula is C15H22BrN3O. The maximum atomic E-state index is 12.8. The van der Waals surface area contributed by atoms with Gasteiger partial charge in [-0.05, 0) is 67.2 Å². The van der Waals surface area contributed by atoms with Crippen LogP contribution in [-0.4, -0.2) is 41.6 Å². The van der Waals surface area contributed by atoms with Crippen molar-refractivity contribution in [3.05, 3.63) is 22.4 Å². The van der Waals surface area contributed by atoms with Gasteiger partial charge in [0, 0.05) is 29.8 Å². The molecule has 0 saturated carbocycles. The van der Waals surface area contributed by atoms with Gasteiger partial charge in [0.15, 0.2) is 0 Å². The van der Waals surface area contributed by atoms with Crippen molar-refractivity contribution in [2.24, 2.45) is 11.8 Å². The number of fused-ring (bicyclic) bond motifs is 1. The molecule has 1 amide bonds. The van der Waals surface area contributed by atoms with Gasteiger partial charge in [0.05, 0.1) is 0 Å². The van der Waals surface area contributed by atoms with Gasteiger partial charge < -0.3 is 14.8 Å². The highest BCUT2D eigenvalue weighted by Gasteiger charge is 2.35. The average molecular weight is 340 g/mol. The molecule has 2 atom stereocenters. The zero-order chi connectivity index (χ0) is 14.3. The van der Waals surface area contributed by atoms with E-state index >= 15 is 0 Å². The van der Waals surface area contributed by atoms with Gasteiger partial charge in [-0.2, -0.15) is 0 Å². The van der Waals surface area contributed by atoms with E-state index in [9.17, 15) is 4.79 Å². The molecule has 2 saturated heterocycles. The van der Waals surface area contributed by atoms with Gasteiger partial charge in [0.2, 0.25) is 0 Å². The third-order valence-corrected chi connectivity index (χ3v) is 5.02. The fourth-order valence-corrected chi connectivity index (χ4v) is 3.86. The third-order valence-electron chi connectivity index (χ3n) is 4.58. The number of amides is 1. The largest absolute Gasteiger partial charge is 0.340 e. The molecule has 0 spiro atoms. The van der Waals surface area contributed by atoms with Crippen molar-refractivity contribution in [1.82, 2.24) is 14.8 Å². The zero-order valence-corrected chi connectivity index (χ0v) is 13.7. The quantitative estimate of drug-likeness (QED) is 0.898. The third kappa shape index (κ3) is 2.53. The van der Waals surface area contributed by atoms with Crippen LogP contribution in [0.3, 0.4) is 0 Å². The van der Waals surface area contributed by atoms with E-state index in [0.717, 1.165) is 48.7 Å². The van der Waals surface area contributed by atoms with Crippen LogP contribution >= 0.6 is 15.9 Å². The topological polar surface area (TPSA) is 37.3 Å². The average Bonchev–Trinajstić information content (AvgIpc) is 3.02. The predicted molar refractivity (Wildman–Crippen MR) is 82.9 cm³/mol. The first-order chi connectivity index (χ1) is 9.56. The summed E-state index contributed by atoms with van der Waals surface area (Å²) < 4.78 is 3.04. The Morgan fingerprint density at radius 2 is 2.15 bits per heavy atom. The monoisotopic (exact) mass is 339 g/mol. The molecule has 1 N–H and O–H groups in total. The van der Waals surface area contributed by atoms with Crippen LogP contribution in [-0.2, 0) is 0 Å². The number of rotatable bonds is 2. The van der Waals surface area contributed by atoms with Crippen molar-refractivity contribution in [1.29, 1.82) is 0 Å². The molecule has 2 aliphatic heterocycles. The van der Waals surface area contributed by atoms with Gasteiger partial charge in [-0.15, -0.1) is 0 Å². The van der Waals surface area contributed by atoms with Crippen LogP contribution in [0.1, 0.15) is 36.8 Å². The summed E-state index contributed by atoms with van der Waals surface area (Å²) >= 11 is 3.49. The Balaban J connectivity index is 1.79. The summed E-state index contributed by atoms with van der Waals surface area (Å²) in [4.78, 5) is 14.8. The molecule has 20 heavy (non-hydrogen) atoms. The predicted octanol–water partition coefficient (Wildman–Crippen LogP) is 2.51. The lowest BCUT2D eigenvalue weighted by Gasteiger charge is -2.34. The second-order valence-electron chi connectivity index (χ2n) is 6.26. The standard InChI is InChI=1S/C15H22BrN3O/c1-10(2)19-9-13(16)5-14(19)15(20)18-4-3-11-6-17-7-12(11)8-18/h5,9-12,17H,3-4,6-8H2,1-2H3. The van der Waals surface area contributed by atoms with Crippen LogP contribution in [0.4, 0.5) is 0 Å². The molecule has 0 bridgehead atoms. The molecule has 1 aromatic rings. The summed E-state index contributed by atoms with van der Waals surface area (Å²) in [5.74, 6) is 1.58. The molecule has 0 radical (unpaired) electrons. The van der Waals surface area contributed by atoms with Crippen molar-refractivity contribution in [3.63, 3.8) is 0 Å². The molecule has 0 aromatic carbocycles. The highest BCUT2D eigenvalue weighted by molar-refractivity contribution is 9.10. The fourth-order valence-electron chi connectivity index (χ4n) is 3.43. The Morgan fingerprint density at radius 3 is 2.90 bits per heavy atom. The van der Waals surface area contributed by atoms with E-state index < -0.39 is 0 Å². The Morgan fingerprint density at radius 1 is 1.40 bits per heavy atom. The molecule has 2 unspecified atom stereocenters. The number of carbonyl (C=O) groups is 1. The molecule has 110 valence electrons. The number of piperidine rings is 1. The van der Waals surface area contributed by atoms with Crippen molar-refractivity contribution in [2.75, 3.05) is 26.2 Å². The highest BCUT2D eigenvalue weighted by atomic mass is 79.9. The number of likely N-dealkylation sites (tertiary alicyclic amines) is 1. The Bertz CT molecular complexity index is 511. The second-order valence-corrected chi connectivity index (χ2v) is 7.18. The maximum Gasteiger partial charge on any atom is 0.270 e. The normalized spacial score (nSPS) is 26.1. The lowest BCUT2D eigenvalue weighted by Crippen LogP contribution is -2.44. The number of aromatic nitrogens is 1. The molecule has 0 aliphatic carbocycles. The molecule has 2 aliphatic rings. The van der Waals surface area contributed by atoms with Crippen LogP contribution in [0.15, 0.2) is 16.7 Å². The van der Waals surface area contributed by atoms with Gasteiger partial charge in [-0.25, -0.2) is 0 Å². The number of hydrogen-bond donors (Lipinski definition) is 1. The van der Waals surface area contributed by atoms with Crippen molar-refractivity contribution in [3.8, 4) is 0 Å². The van der Waals surface area contributed by atoms with E-state index in [-0.39, 0.29) is 5.91 Å². The second kappa shape index (κ2) is 5.53. The first kappa shape index (κ1) is 14.1. The summed E-state index contributed by atoms with van der Waals surface area (Å²) in [6, 6.07) is 2.24. The van der Waals surface area contributed by atoms with Crippen LogP contribution in [0, 0.1) is 11.8 Å². The Kier molecular flexibility index (Phi) is 3.91. The molecule has 4 nitrogen and oxygen atoms in total. The summed E-state index contributed by atoms with van der Waals surface area (Å²) in [5, 5.41) is 3.45. The Hall–Kier alpha value is -0.810. The molecule has 1 aromatic heterocycles. The summed E-state index contributed by atoms with van der Waals surface area (Å²) in [6.45, 7) is 8.19. The van der Waals surface area contributed by atoms with Crippen LogP contribution in [0.2, 0.25) is 0 Å². The first-order valence-electron chi connectivity index (χ1n) is 7.43. The smallest absolute Gasteiger partial charge is 0.270 e. The maximum absolute atomic E-state index is 12.8. The van der Waals surface area contributed by atoms with E-state index in [1.54, 1.807) is 0 Å². The minimum atomic E-state index is 0.176. The number of nitrogens with zero attached hydrogens (tertiary/aromatic N) is 2. The minimum absolute atomic E-state index is 0.176. The van der Waals surface area contributed by atoms with Crippen LogP contribution < -0.4 is 5.32 Å². The number of hydrogen-bond acceptors (Lipinski definition) is 2. The Labute approximate surface area is 128 Å². The van der Waals surface area contributed by atoms with E-state index in [2.05, 4.69) is 39.7 Å².